The van der Waals surface area contributed by atoms with Crippen LogP contribution in [0.5, 0.6) is 0 Å². The minimum absolute atomic E-state index is 0.0548. The largest absolute Gasteiger partial charge is 0.480 e. The molecule has 35 heavy (non-hydrogen) atoms. The molecule has 2 amide bonds. The van der Waals surface area contributed by atoms with Gasteiger partial charge in [-0.25, -0.2) is 9.59 Å². The Morgan fingerprint density at radius 2 is 1.49 bits per heavy atom. The van der Waals surface area contributed by atoms with Gasteiger partial charge in [0.2, 0.25) is 5.91 Å². The van der Waals surface area contributed by atoms with E-state index in [2.05, 4.69) is 22.8 Å². The van der Waals surface area contributed by atoms with Crippen LogP contribution >= 0.6 is 0 Å². The molecule has 7 nitrogen and oxygen atoms in total. The van der Waals surface area contributed by atoms with E-state index in [0.717, 1.165) is 22.3 Å². The lowest BCUT2D eigenvalue weighted by Crippen LogP contribution is -2.51. The Hall–Kier alpha value is -3.35. The number of ether oxygens (including phenoxy) is 1. The number of nitrogens with one attached hydrogen (secondary N) is 2. The maximum absolute atomic E-state index is 12.9. The number of benzene rings is 2. The van der Waals surface area contributed by atoms with Gasteiger partial charge in [0.15, 0.2) is 0 Å². The van der Waals surface area contributed by atoms with Crippen molar-refractivity contribution in [2.24, 2.45) is 5.41 Å². The molecule has 1 aliphatic rings. The average Bonchev–Trinajstić information content (AvgIpc) is 3.13. The molecule has 0 radical (unpaired) electrons. The van der Waals surface area contributed by atoms with Crippen LogP contribution in [0, 0.1) is 5.41 Å². The summed E-state index contributed by atoms with van der Waals surface area (Å²) in [5.74, 6) is -1.68. The molecule has 7 heteroatoms. The smallest absolute Gasteiger partial charge is 0.407 e. The molecule has 3 rings (SSSR count). The van der Waals surface area contributed by atoms with Gasteiger partial charge in [0, 0.05) is 5.92 Å². The lowest BCUT2D eigenvalue weighted by molar-refractivity contribution is -0.142. The van der Waals surface area contributed by atoms with Crippen molar-refractivity contribution in [3.8, 4) is 11.1 Å². The van der Waals surface area contributed by atoms with Gasteiger partial charge in [0.1, 0.15) is 18.7 Å². The molecule has 2 aromatic rings. The van der Waals surface area contributed by atoms with E-state index in [1.807, 2.05) is 64.1 Å². The van der Waals surface area contributed by atoms with Crippen molar-refractivity contribution >= 4 is 18.0 Å². The first kappa shape index (κ1) is 26.3. The first-order chi connectivity index (χ1) is 16.6. The van der Waals surface area contributed by atoms with Crippen LogP contribution in [0.4, 0.5) is 4.79 Å². The van der Waals surface area contributed by atoms with Crippen molar-refractivity contribution in [2.75, 3.05) is 6.61 Å². The van der Waals surface area contributed by atoms with Crippen LogP contribution in [-0.2, 0) is 14.3 Å². The summed E-state index contributed by atoms with van der Waals surface area (Å²) in [6.07, 6.45) is 1.28. The van der Waals surface area contributed by atoms with Gasteiger partial charge >= 0.3 is 12.1 Å². The maximum atomic E-state index is 12.9. The van der Waals surface area contributed by atoms with Crippen LogP contribution in [0.1, 0.15) is 70.4 Å². The third-order valence-corrected chi connectivity index (χ3v) is 6.33. The van der Waals surface area contributed by atoms with Gasteiger partial charge < -0.3 is 20.5 Å². The number of amides is 2. The van der Waals surface area contributed by atoms with E-state index in [0.29, 0.717) is 25.7 Å². The van der Waals surface area contributed by atoms with Crippen LogP contribution in [0.15, 0.2) is 48.5 Å². The number of aliphatic carboxylic acids is 1. The zero-order valence-electron chi connectivity index (χ0n) is 21.0. The first-order valence-corrected chi connectivity index (χ1v) is 12.3. The first-order valence-electron chi connectivity index (χ1n) is 12.3. The second kappa shape index (κ2) is 11.4. The molecule has 0 heterocycles. The second-order valence-corrected chi connectivity index (χ2v) is 10.3. The van der Waals surface area contributed by atoms with Crippen LogP contribution in [0.2, 0.25) is 0 Å². The van der Waals surface area contributed by atoms with Gasteiger partial charge in [-0.3, -0.25) is 4.79 Å². The van der Waals surface area contributed by atoms with Crippen molar-refractivity contribution in [1.82, 2.24) is 10.6 Å². The molecule has 0 spiro atoms. The van der Waals surface area contributed by atoms with Gasteiger partial charge in [-0.05, 0) is 46.9 Å². The van der Waals surface area contributed by atoms with Gasteiger partial charge in [0.25, 0.3) is 0 Å². The molecule has 0 fully saturated rings. The number of rotatable bonds is 10. The van der Waals surface area contributed by atoms with E-state index in [9.17, 15) is 19.5 Å². The Morgan fingerprint density at radius 1 is 0.914 bits per heavy atom. The molecule has 3 N–H and O–H groups in total. The summed E-state index contributed by atoms with van der Waals surface area (Å²) < 4.78 is 5.56. The lowest BCUT2D eigenvalue weighted by Gasteiger charge is -2.24. The number of alkyl carbamates (subject to hydrolysis) is 1. The normalized spacial score (nSPS) is 14.4. The predicted octanol–water partition coefficient (Wildman–Crippen LogP) is 5.09. The van der Waals surface area contributed by atoms with Gasteiger partial charge in [0.05, 0.1) is 0 Å². The number of carbonyl (C=O) groups is 3. The Kier molecular flexibility index (Phi) is 8.54. The van der Waals surface area contributed by atoms with Gasteiger partial charge in [-0.1, -0.05) is 82.6 Å². The van der Waals surface area contributed by atoms with Crippen molar-refractivity contribution in [2.45, 2.75) is 71.4 Å². The van der Waals surface area contributed by atoms with E-state index in [-0.39, 0.29) is 17.9 Å². The fraction of sp³-hybridized carbons (Fsp3) is 0.464. The fourth-order valence-corrected chi connectivity index (χ4v) is 4.45. The molecule has 1 aliphatic carbocycles. The monoisotopic (exact) mass is 480 g/mol. The van der Waals surface area contributed by atoms with Crippen molar-refractivity contribution in [1.29, 1.82) is 0 Å². The summed E-state index contributed by atoms with van der Waals surface area (Å²) in [7, 11) is 0. The molecule has 2 aromatic carbocycles. The van der Waals surface area contributed by atoms with E-state index in [4.69, 9.17) is 4.74 Å². The molecule has 2 unspecified atom stereocenters. The molecule has 0 saturated heterocycles. The summed E-state index contributed by atoms with van der Waals surface area (Å²) in [6.45, 7) is 8.10. The summed E-state index contributed by atoms with van der Waals surface area (Å²) in [4.78, 5) is 37.2. The Balaban J connectivity index is 1.62. The zero-order chi connectivity index (χ0) is 25.6. The molecule has 0 aromatic heterocycles. The quantitative estimate of drug-likeness (QED) is 0.439. The van der Waals surface area contributed by atoms with Crippen LogP contribution in [0.3, 0.4) is 0 Å². The number of fused-ring (bicyclic) bond motifs is 3. The zero-order valence-corrected chi connectivity index (χ0v) is 21.0. The molecule has 0 bridgehead atoms. The minimum Gasteiger partial charge on any atom is -0.480 e. The number of carboxylic acids is 1. The van der Waals surface area contributed by atoms with Crippen molar-refractivity contribution < 1.29 is 24.2 Å². The number of carboxylic acid groups (broad SMARTS) is 1. The molecule has 188 valence electrons. The van der Waals surface area contributed by atoms with E-state index < -0.39 is 30.1 Å². The number of hydrogen-bond acceptors (Lipinski definition) is 4. The topological polar surface area (TPSA) is 105 Å². The predicted molar refractivity (Wildman–Crippen MR) is 135 cm³/mol. The Morgan fingerprint density at radius 3 is 2.00 bits per heavy atom. The highest BCUT2D eigenvalue weighted by atomic mass is 16.5. The Bertz CT molecular complexity index is 1010. The number of carbonyl (C=O) groups excluding carboxylic acids is 2. The highest BCUT2D eigenvalue weighted by molar-refractivity contribution is 5.89. The van der Waals surface area contributed by atoms with E-state index in [1.165, 1.54) is 0 Å². The third kappa shape index (κ3) is 6.84. The fourth-order valence-electron chi connectivity index (χ4n) is 4.45. The summed E-state index contributed by atoms with van der Waals surface area (Å²) in [5, 5.41) is 14.8. The van der Waals surface area contributed by atoms with Crippen molar-refractivity contribution in [3.05, 3.63) is 59.7 Å². The SMILES string of the molecule is CCCC(NC(=O)OCC1c2ccccc2-c2ccccc21)C(=O)NC(CCC(C)(C)C)C(=O)O. The summed E-state index contributed by atoms with van der Waals surface area (Å²) >= 11 is 0. The second-order valence-electron chi connectivity index (χ2n) is 10.3. The van der Waals surface area contributed by atoms with Crippen LogP contribution in [-0.4, -0.2) is 41.8 Å². The highest BCUT2D eigenvalue weighted by Gasteiger charge is 2.31. The standard InChI is InChI=1S/C28H36N2O5/c1-5-10-23(25(31)29-24(26(32)33)15-16-28(2,3)4)30-27(34)35-17-22-20-13-8-6-11-18(20)19-12-7-9-14-21(19)22/h6-9,11-14,22-24H,5,10,15-17H2,1-4H3,(H,29,31)(H,30,34)(H,32,33). The maximum Gasteiger partial charge on any atom is 0.407 e. The molecule has 0 saturated carbocycles. The minimum atomic E-state index is -1.08. The van der Waals surface area contributed by atoms with E-state index in [1.54, 1.807) is 0 Å². The molecule has 2 atom stereocenters. The van der Waals surface area contributed by atoms with Crippen LogP contribution in [0.25, 0.3) is 11.1 Å². The summed E-state index contributed by atoms with van der Waals surface area (Å²) in [6, 6.07) is 14.3. The highest BCUT2D eigenvalue weighted by Crippen LogP contribution is 2.44. The lowest BCUT2D eigenvalue weighted by atomic mass is 9.88. The van der Waals surface area contributed by atoms with Crippen LogP contribution < -0.4 is 10.6 Å². The number of hydrogen-bond donors (Lipinski definition) is 3. The molecule has 0 aliphatic heterocycles. The molecular weight excluding hydrogens is 444 g/mol. The van der Waals surface area contributed by atoms with Gasteiger partial charge in [-0.15, -0.1) is 0 Å². The van der Waals surface area contributed by atoms with Gasteiger partial charge in [-0.2, -0.15) is 0 Å². The summed E-state index contributed by atoms with van der Waals surface area (Å²) in [5.41, 5.74) is 4.42. The van der Waals surface area contributed by atoms with Crippen molar-refractivity contribution in [3.63, 3.8) is 0 Å². The third-order valence-electron chi connectivity index (χ3n) is 6.33. The average molecular weight is 481 g/mol. The Labute approximate surface area is 207 Å². The molecular formula is C28H36N2O5. The van der Waals surface area contributed by atoms with E-state index >= 15 is 0 Å².